The second-order valence-corrected chi connectivity index (χ2v) is 16.3. The van der Waals surface area contributed by atoms with Gasteiger partial charge in [0, 0.05) is 30.3 Å². The van der Waals surface area contributed by atoms with Gasteiger partial charge in [-0.1, -0.05) is 109 Å². The first kappa shape index (κ1) is 34.8. The Morgan fingerprint density at radius 3 is 2.04 bits per heavy atom. The van der Waals surface area contributed by atoms with Crippen molar-refractivity contribution in [3.63, 3.8) is 0 Å². The van der Waals surface area contributed by atoms with Gasteiger partial charge >= 0.3 is 21.1 Å². The van der Waals surface area contributed by atoms with Crippen LogP contribution in [0.25, 0.3) is 27.6 Å². The Labute approximate surface area is 306 Å². The number of nitrogens with zero attached hydrogens (tertiary/aromatic N) is 4. The van der Waals surface area contributed by atoms with E-state index in [0.717, 1.165) is 29.2 Å². The summed E-state index contributed by atoms with van der Waals surface area (Å²) in [6, 6.07) is 35.4. The molecule has 0 fully saturated rings. The van der Waals surface area contributed by atoms with Crippen molar-refractivity contribution in [2.45, 2.75) is 78.6 Å². The largest absolute Gasteiger partial charge is 2.00 e. The molecular weight excluding hydrogens is 784 g/mol. The number of ether oxygens (including phenoxy) is 1. The first-order valence-corrected chi connectivity index (χ1v) is 16.9. The molecule has 0 radical (unpaired) electrons. The summed E-state index contributed by atoms with van der Waals surface area (Å²) >= 11 is 0. The molecule has 0 aliphatic carbocycles. The van der Waals surface area contributed by atoms with Gasteiger partial charge in [-0.3, -0.25) is 0 Å². The van der Waals surface area contributed by atoms with E-state index < -0.39 is 0 Å². The number of anilines is 3. The molecule has 49 heavy (non-hydrogen) atoms. The van der Waals surface area contributed by atoms with Crippen LogP contribution in [0.4, 0.5) is 17.1 Å². The van der Waals surface area contributed by atoms with E-state index in [0.29, 0.717) is 11.5 Å². The number of hydrogen-bond donors (Lipinski definition) is 0. The first-order chi connectivity index (χ1) is 22.6. The van der Waals surface area contributed by atoms with Gasteiger partial charge < -0.3 is 19.1 Å². The molecule has 0 saturated heterocycles. The summed E-state index contributed by atoms with van der Waals surface area (Å²) in [5, 5.41) is 2.36. The summed E-state index contributed by atoms with van der Waals surface area (Å²) in [6.07, 6.45) is 1.92. The first-order valence-electron chi connectivity index (χ1n) is 16.9. The quantitative estimate of drug-likeness (QED) is 0.166. The molecule has 1 aliphatic heterocycles. The molecule has 1 aliphatic rings. The molecule has 0 bridgehead atoms. The van der Waals surface area contributed by atoms with E-state index in [1.54, 1.807) is 0 Å². The Morgan fingerprint density at radius 2 is 1.35 bits per heavy atom. The van der Waals surface area contributed by atoms with Crippen LogP contribution in [-0.4, -0.2) is 23.3 Å². The minimum Gasteiger partial charge on any atom is -0.509 e. The molecule has 3 heterocycles. The summed E-state index contributed by atoms with van der Waals surface area (Å²) in [5.41, 5.74) is 8.79. The van der Waals surface area contributed by atoms with E-state index in [1.807, 2.05) is 6.20 Å². The van der Waals surface area contributed by atoms with Crippen molar-refractivity contribution < 1.29 is 25.8 Å². The van der Waals surface area contributed by atoms with Gasteiger partial charge in [-0.25, -0.2) is 4.98 Å². The van der Waals surface area contributed by atoms with Gasteiger partial charge in [-0.2, -0.15) is 0 Å². The second-order valence-electron chi connectivity index (χ2n) is 16.3. The fourth-order valence-electron chi connectivity index (χ4n) is 6.74. The number of para-hydroxylation sites is 3. The Hall–Kier alpha value is -4.08. The molecular formula is C43H46N4OPt. The molecule has 0 N–H and O–H groups in total. The summed E-state index contributed by atoms with van der Waals surface area (Å²) < 4.78 is 9.10. The zero-order valence-corrected chi connectivity index (χ0v) is 32.6. The van der Waals surface area contributed by atoms with Crippen LogP contribution in [0.15, 0.2) is 85.1 Å². The molecule has 7 rings (SSSR count). The minimum absolute atomic E-state index is 0. The van der Waals surface area contributed by atoms with Crippen LogP contribution in [0.2, 0.25) is 0 Å². The van der Waals surface area contributed by atoms with Crippen LogP contribution in [-0.2, 0) is 37.3 Å². The molecule has 254 valence electrons. The van der Waals surface area contributed by atoms with Crippen molar-refractivity contribution in [2.24, 2.45) is 0 Å². The molecule has 6 aromatic rings. The van der Waals surface area contributed by atoms with Crippen molar-refractivity contribution in [2.75, 3.05) is 23.5 Å². The minimum atomic E-state index is -0.160. The van der Waals surface area contributed by atoms with E-state index in [4.69, 9.17) is 9.72 Å². The van der Waals surface area contributed by atoms with Crippen LogP contribution in [0.5, 0.6) is 11.5 Å². The summed E-state index contributed by atoms with van der Waals surface area (Å²) in [7, 11) is 2.13. The average molecular weight is 830 g/mol. The average Bonchev–Trinajstić information content (AvgIpc) is 3.54. The third-order valence-corrected chi connectivity index (χ3v) is 9.45. The number of rotatable bonds is 4. The molecule has 6 heteroatoms. The summed E-state index contributed by atoms with van der Waals surface area (Å²) in [4.78, 5) is 9.49. The molecule has 0 spiro atoms. The molecule has 5 nitrogen and oxygen atoms in total. The summed E-state index contributed by atoms with van der Waals surface area (Å²) in [6.45, 7) is 21.0. The zero-order chi connectivity index (χ0) is 34.2. The molecule has 0 amide bonds. The maximum absolute atomic E-state index is 6.85. The van der Waals surface area contributed by atoms with Crippen LogP contribution in [0, 0.1) is 12.1 Å². The van der Waals surface area contributed by atoms with Crippen molar-refractivity contribution in [1.29, 1.82) is 0 Å². The number of hydrogen-bond acceptors (Lipinski definition) is 4. The van der Waals surface area contributed by atoms with Gasteiger partial charge in [0.2, 0.25) is 0 Å². The monoisotopic (exact) mass is 829 g/mol. The SMILES string of the molecule is CN1CN(c2[c-]c(Oc3[c-]c4c(c(C(C)(C)C)c3)c3ccccc3n4-c3cc(C(C)(C)C)ccn3)cc(C(C)(C)C)c2)c2ccccc21.[Pt+2]. The number of pyridine rings is 1. The predicted octanol–water partition coefficient (Wildman–Crippen LogP) is 11.0. The van der Waals surface area contributed by atoms with Gasteiger partial charge in [-0.15, -0.1) is 41.5 Å². The van der Waals surface area contributed by atoms with E-state index in [2.05, 4.69) is 175 Å². The fraction of sp³-hybridized carbons (Fsp3) is 0.326. The number of aromatic nitrogens is 2. The van der Waals surface area contributed by atoms with Gasteiger partial charge in [-0.05, 0) is 57.5 Å². The van der Waals surface area contributed by atoms with Crippen LogP contribution in [0.3, 0.4) is 0 Å². The second kappa shape index (κ2) is 12.4. The van der Waals surface area contributed by atoms with E-state index >= 15 is 0 Å². The van der Waals surface area contributed by atoms with Crippen molar-refractivity contribution >= 4 is 38.9 Å². The van der Waals surface area contributed by atoms with Crippen molar-refractivity contribution in [3.8, 4) is 17.3 Å². The normalized spacial score (nSPS) is 13.6. The Morgan fingerprint density at radius 1 is 0.694 bits per heavy atom. The third-order valence-electron chi connectivity index (χ3n) is 9.45. The molecule has 0 unspecified atom stereocenters. The molecule has 0 atom stereocenters. The van der Waals surface area contributed by atoms with Crippen molar-refractivity contribution in [3.05, 3.63) is 114 Å². The number of benzene rings is 4. The third kappa shape index (κ3) is 6.39. The standard InChI is InChI=1S/C43H46N4O.Pt/c1-41(2,3)28-19-20-44-39(23-28)47-35-16-12-11-15-33(35)40-34(43(7,8)9)25-32(26-38(40)47)48-31-22-29(42(4,5)6)21-30(24-31)46-27-45(10)36-17-13-14-18-37(36)46;/h11-23,25H,27H2,1-10H3;/q-2;+2. The number of fused-ring (bicyclic) bond motifs is 4. The predicted molar refractivity (Wildman–Crippen MR) is 201 cm³/mol. The Bertz CT molecular complexity index is 2180. The fourth-order valence-corrected chi connectivity index (χ4v) is 6.74. The van der Waals surface area contributed by atoms with Gasteiger partial charge in [0.05, 0.1) is 18.0 Å². The van der Waals surface area contributed by atoms with E-state index in [-0.39, 0.29) is 37.3 Å². The maximum atomic E-state index is 6.85. The molecule has 4 aromatic carbocycles. The van der Waals surface area contributed by atoms with Gasteiger partial charge in [0.25, 0.3) is 0 Å². The molecule has 2 aromatic heterocycles. The van der Waals surface area contributed by atoms with Crippen LogP contribution in [0.1, 0.15) is 79.0 Å². The Balaban J connectivity index is 0.00000417. The summed E-state index contributed by atoms with van der Waals surface area (Å²) in [5.74, 6) is 2.22. The van der Waals surface area contributed by atoms with Crippen LogP contribution >= 0.6 is 0 Å². The Kier molecular flexibility index (Phi) is 8.77. The van der Waals surface area contributed by atoms with E-state index in [9.17, 15) is 0 Å². The van der Waals surface area contributed by atoms with E-state index in [1.165, 1.54) is 38.8 Å². The zero-order valence-electron chi connectivity index (χ0n) is 30.3. The topological polar surface area (TPSA) is 33.5 Å². The van der Waals surface area contributed by atoms with Crippen LogP contribution < -0.4 is 14.5 Å². The smallest absolute Gasteiger partial charge is 0.509 e. The molecule has 0 saturated carbocycles. The van der Waals surface area contributed by atoms with Gasteiger partial charge in [0.15, 0.2) is 0 Å². The van der Waals surface area contributed by atoms with Gasteiger partial charge in [0.1, 0.15) is 5.82 Å². The van der Waals surface area contributed by atoms with Crippen molar-refractivity contribution in [1.82, 2.24) is 9.55 Å². The maximum Gasteiger partial charge on any atom is 2.00 e.